The number of alkyl halides is 3. The van der Waals surface area contributed by atoms with Crippen molar-refractivity contribution in [2.24, 2.45) is 23.2 Å². The number of ether oxygens (including phenoxy) is 1. The van der Waals surface area contributed by atoms with E-state index in [0.29, 0.717) is 18.3 Å². The molecule has 0 spiro atoms. The van der Waals surface area contributed by atoms with E-state index >= 15 is 0 Å². The molecule has 0 heterocycles. The number of esters is 1. The maximum atomic E-state index is 12.5. The number of halogens is 3. The molecule has 4 rings (SSSR count). The van der Waals surface area contributed by atoms with E-state index in [1.165, 1.54) is 0 Å². The largest absolute Gasteiger partial charge is 0.465 e. The van der Waals surface area contributed by atoms with Gasteiger partial charge in [0.1, 0.15) is 5.92 Å². The van der Waals surface area contributed by atoms with Crippen molar-refractivity contribution in [1.82, 2.24) is 0 Å². The molecule has 4 aliphatic carbocycles. The monoisotopic (exact) mass is 306 g/mol. The Labute approximate surface area is 121 Å². The maximum Gasteiger partial charge on any atom is 0.401 e. The van der Waals surface area contributed by atoms with E-state index in [1.54, 1.807) is 0 Å². The summed E-state index contributed by atoms with van der Waals surface area (Å²) in [5, 5.41) is 10.6. The first-order valence-corrected chi connectivity index (χ1v) is 7.57. The van der Waals surface area contributed by atoms with E-state index in [9.17, 15) is 23.1 Å². The lowest BCUT2D eigenvalue weighted by atomic mass is 9.48. The average Bonchev–Trinajstić information content (AvgIpc) is 2.31. The Morgan fingerprint density at radius 2 is 1.86 bits per heavy atom. The lowest BCUT2D eigenvalue weighted by Crippen LogP contribution is -2.57. The molecule has 0 aromatic carbocycles. The van der Waals surface area contributed by atoms with Crippen molar-refractivity contribution in [3.63, 3.8) is 0 Å². The van der Waals surface area contributed by atoms with Gasteiger partial charge in [-0.25, -0.2) is 0 Å². The molecule has 3 atom stereocenters. The summed E-state index contributed by atoms with van der Waals surface area (Å²) in [6.07, 6.45) is 0.393. The van der Waals surface area contributed by atoms with Crippen LogP contribution in [0.15, 0.2) is 0 Å². The van der Waals surface area contributed by atoms with Crippen LogP contribution < -0.4 is 0 Å². The third-order valence-electron chi connectivity index (χ3n) is 5.52. The van der Waals surface area contributed by atoms with Gasteiger partial charge in [0.2, 0.25) is 0 Å². The SMILES string of the molecule is CC(C(=O)OCC12CC3CC(CC(O)(C3)C1)C2)C(F)(F)F. The molecule has 1 N–H and O–H groups in total. The molecule has 4 aliphatic rings. The zero-order valence-electron chi connectivity index (χ0n) is 12.1. The summed E-state index contributed by atoms with van der Waals surface area (Å²) in [7, 11) is 0. The lowest BCUT2D eigenvalue weighted by molar-refractivity contribution is -0.207. The first kappa shape index (κ1) is 15.1. The summed E-state index contributed by atoms with van der Waals surface area (Å²) in [6.45, 7) is 0.844. The van der Waals surface area contributed by atoms with Crippen LogP contribution in [0.3, 0.4) is 0 Å². The number of rotatable bonds is 3. The molecule has 6 heteroatoms. The van der Waals surface area contributed by atoms with Crippen LogP contribution in [0.1, 0.15) is 45.4 Å². The second-order valence-electron chi connectivity index (χ2n) is 7.56. The van der Waals surface area contributed by atoms with Crippen LogP contribution in [0, 0.1) is 23.2 Å². The molecule has 0 saturated heterocycles. The first-order valence-electron chi connectivity index (χ1n) is 7.57. The molecule has 120 valence electrons. The summed E-state index contributed by atoms with van der Waals surface area (Å²) in [5.41, 5.74) is -0.994. The Hall–Kier alpha value is -0.780. The Bertz CT molecular complexity index is 432. The van der Waals surface area contributed by atoms with Crippen LogP contribution in [0.5, 0.6) is 0 Å². The molecule has 4 saturated carbocycles. The second-order valence-corrected chi connectivity index (χ2v) is 7.56. The molecule has 0 aromatic rings. The Kier molecular flexibility index (Phi) is 3.32. The van der Waals surface area contributed by atoms with E-state index in [4.69, 9.17) is 4.74 Å². The van der Waals surface area contributed by atoms with Gasteiger partial charge in [-0.05, 0) is 57.3 Å². The van der Waals surface area contributed by atoms with Crippen LogP contribution in [0.2, 0.25) is 0 Å². The van der Waals surface area contributed by atoms with E-state index < -0.39 is 23.7 Å². The quantitative estimate of drug-likeness (QED) is 0.815. The van der Waals surface area contributed by atoms with Gasteiger partial charge in [0.05, 0.1) is 12.2 Å². The molecule has 0 radical (unpaired) electrons. The second kappa shape index (κ2) is 4.61. The fourth-order valence-corrected chi connectivity index (χ4v) is 5.05. The summed E-state index contributed by atoms with van der Waals surface area (Å²) in [5.74, 6) is -2.44. The number of hydrogen-bond acceptors (Lipinski definition) is 3. The summed E-state index contributed by atoms with van der Waals surface area (Å²) < 4.78 is 42.5. The third-order valence-corrected chi connectivity index (χ3v) is 5.52. The summed E-state index contributed by atoms with van der Waals surface area (Å²) in [6, 6.07) is 0. The predicted molar refractivity (Wildman–Crippen MR) is 68.2 cm³/mol. The first-order chi connectivity index (χ1) is 9.61. The smallest absolute Gasteiger partial charge is 0.401 e. The van der Waals surface area contributed by atoms with Crippen molar-refractivity contribution in [3.8, 4) is 0 Å². The molecular formula is C15H21F3O3. The van der Waals surface area contributed by atoms with E-state index in [1.807, 2.05) is 0 Å². The normalized spacial score (nSPS) is 42.9. The Morgan fingerprint density at radius 3 is 2.33 bits per heavy atom. The topological polar surface area (TPSA) is 46.5 Å². The van der Waals surface area contributed by atoms with Crippen LogP contribution in [-0.4, -0.2) is 29.5 Å². The van der Waals surface area contributed by atoms with E-state index in [0.717, 1.165) is 39.0 Å². The molecule has 4 fully saturated rings. The average molecular weight is 306 g/mol. The summed E-state index contributed by atoms with van der Waals surface area (Å²) in [4.78, 5) is 11.6. The van der Waals surface area contributed by atoms with E-state index in [2.05, 4.69) is 0 Å². The van der Waals surface area contributed by atoms with Crippen molar-refractivity contribution in [2.45, 2.75) is 57.2 Å². The molecule has 3 nitrogen and oxygen atoms in total. The van der Waals surface area contributed by atoms with Crippen LogP contribution >= 0.6 is 0 Å². The zero-order valence-corrected chi connectivity index (χ0v) is 12.1. The molecule has 0 aliphatic heterocycles. The van der Waals surface area contributed by atoms with Crippen LogP contribution in [0.25, 0.3) is 0 Å². The minimum atomic E-state index is -4.56. The van der Waals surface area contributed by atoms with Gasteiger partial charge in [0.15, 0.2) is 0 Å². The third kappa shape index (κ3) is 2.79. The number of hydrogen-bond donors (Lipinski definition) is 1. The highest BCUT2D eigenvalue weighted by Gasteiger charge is 2.57. The lowest BCUT2D eigenvalue weighted by Gasteiger charge is -2.59. The van der Waals surface area contributed by atoms with Gasteiger partial charge in [-0.3, -0.25) is 4.79 Å². The van der Waals surface area contributed by atoms with Gasteiger partial charge in [0.25, 0.3) is 0 Å². The van der Waals surface area contributed by atoms with Crippen LogP contribution in [0.4, 0.5) is 13.2 Å². The van der Waals surface area contributed by atoms with Gasteiger partial charge >= 0.3 is 12.1 Å². The van der Waals surface area contributed by atoms with Gasteiger partial charge < -0.3 is 9.84 Å². The molecular weight excluding hydrogens is 285 g/mol. The van der Waals surface area contributed by atoms with Crippen LogP contribution in [-0.2, 0) is 9.53 Å². The molecule has 3 unspecified atom stereocenters. The molecule has 0 amide bonds. The molecule has 0 aromatic heterocycles. The van der Waals surface area contributed by atoms with Gasteiger partial charge in [-0.1, -0.05) is 0 Å². The number of aliphatic hydroxyl groups is 1. The van der Waals surface area contributed by atoms with Gasteiger partial charge in [-0.2, -0.15) is 13.2 Å². The van der Waals surface area contributed by atoms with Crippen molar-refractivity contribution < 1.29 is 27.8 Å². The maximum absolute atomic E-state index is 12.5. The highest BCUT2D eigenvalue weighted by atomic mass is 19.4. The highest BCUT2D eigenvalue weighted by molar-refractivity contribution is 5.72. The minimum absolute atomic E-state index is 0.0154. The molecule has 4 bridgehead atoms. The standard InChI is InChI=1S/C15H21F3O3/c1-9(15(16,17)18)12(19)21-8-13-3-10-2-11(4-13)6-14(20,5-10)7-13/h9-11,20H,2-8H2,1H3. The Morgan fingerprint density at radius 1 is 1.29 bits per heavy atom. The molecule has 21 heavy (non-hydrogen) atoms. The van der Waals surface area contributed by atoms with E-state index in [-0.39, 0.29) is 12.0 Å². The summed E-state index contributed by atoms with van der Waals surface area (Å²) >= 11 is 0. The van der Waals surface area contributed by atoms with Crippen molar-refractivity contribution in [2.75, 3.05) is 6.61 Å². The Balaban J connectivity index is 1.64. The van der Waals surface area contributed by atoms with Crippen molar-refractivity contribution in [1.29, 1.82) is 0 Å². The number of carbonyl (C=O) groups excluding carboxylic acids is 1. The highest BCUT2D eigenvalue weighted by Crippen LogP contribution is 2.61. The van der Waals surface area contributed by atoms with Gasteiger partial charge in [0, 0.05) is 5.41 Å². The zero-order chi connectivity index (χ0) is 15.5. The fourth-order valence-electron chi connectivity index (χ4n) is 5.05. The predicted octanol–water partition coefficient (Wildman–Crippen LogP) is 3.06. The number of carbonyl (C=O) groups is 1. The van der Waals surface area contributed by atoms with Crippen molar-refractivity contribution >= 4 is 5.97 Å². The minimum Gasteiger partial charge on any atom is -0.465 e. The van der Waals surface area contributed by atoms with Gasteiger partial charge in [-0.15, -0.1) is 0 Å². The van der Waals surface area contributed by atoms with Crippen molar-refractivity contribution in [3.05, 3.63) is 0 Å². The fraction of sp³-hybridized carbons (Fsp3) is 0.933.